The number of nitrogens with one attached hydrogen (secondary N) is 2. The zero-order chi connectivity index (χ0) is 30.0. The van der Waals surface area contributed by atoms with Crippen LogP contribution >= 0.6 is 11.6 Å². The number of fused-ring (bicyclic) bond motifs is 4. The number of allylic oxidation sites excluding steroid dienone is 1. The fourth-order valence-electron chi connectivity index (χ4n) is 4.85. The number of hydrogen-bond acceptors (Lipinski definition) is 9. The average Bonchev–Trinajstić information content (AvgIpc) is 3.44. The van der Waals surface area contributed by atoms with Gasteiger partial charge >= 0.3 is 0 Å². The monoisotopic (exact) mass is 588 g/mol. The molecule has 1 aliphatic rings. The predicted molar refractivity (Wildman–Crippen MR) is 155 cm³/mol. The molecular weight excluding hydrogens is 563 g/mol. The molecule has 5 rings (SSSR count). The number of hydrogen-bond donors (Lipinski definition) is 4. The van der Waals surface area contributed by atoms with E-state index in [1.54, 1.807) is 24.5 Å². The Morgan fingerprint density at radius 2 is 2.07 bits per heavy atom. The Bertz CT molecular complexity index is 1790. The van der Waals surface area contributed by atoms with Crippen molar-refractivity contribution in [1.29, 1.82) is 5.26 Å². The van der Waals surface area contributed by atoms with Gasteiger partial charge in [0.05, 0.1) is 63.8 Å². The molecule has 0 fully saturated rings. The first-order valence-corrected chi connectivity index (χ1v) is 13.3. The highest BCUT2D eigenvalue weighted by Gasteiger charge is 2.24. The summed E-state index contributed by atoms with van der Waals surface area (Å²) in [5.41, 5.74) is 7.30. The van der Waals surface area contributed by atoms with E-state index in [2.05, 4.69) is 25.5 Å². The molecule has 0 radical (unpaired) electrons. The van der Waals surface area contributed by atoms with Crippen molar-refractivity contribution in [3.8, 4) is 28.6 Å². The summed E-state index contributed by atoms with van der Waals surface area (Å²) in [6, 6.07) is 8.71. The maximum Gasteiger partial charge on any atom is 0.254 e. The molecule has 1 aromatic carbocycles. The molecular formula is C28H26ClFN10O2. The second kappa shape index (κ2) is 11.8. The molecule has 1 amide bonds. The van der Waals surface area contributed by atoms with Crippen molar-refractivity contribution in [2.45, 2.75) is 32.2 Å². The highest BCUT2D eigenvalue weighted by atomic mass is 35.5. The van der Waals surface area contributed by atoms with Gasteiger partial charge in [0, 0.05) is 23.7 Å². The largest absolute Gasteiger partial charge is 0.389 e. The van der Waals surface area contributed by atoms with Crippen molar-refractivity contribution >= 4 is 28.9 Å². The van der Waals surface area contributed by atoms with Crippen LogP contribution in [0.15, 0.2) is 65.7 Å². The number of benzene rings is 1. The summed E-state index contributed by atoms with van der Waals surface area (Å²) in [7, 11) is 0. The van der Waals surface area contributed by atoms with Gasteiger partial charge in [-0.15, -0.1) is 0 Å². The summed E-state index contributed by atoms with van der Waals surface area (Å²) >= 11 is 6.06. The third kappa shape index (κ3) is 5.58. The zero-order valence-electron chi connectivity index (χ0n) is 22.4. The number of H-pyrrole nitrogens is 1. The number of carbonyl (C=O) groups excluding carboxylic acids is 1. The second-order valence-electron chi connectivity index (χ2n) is 9.84. The van der Waals surface area contributed by atoms with E-state index in [-0.39, 0.29) is 39.5 Å². The Balaban J connectivity index is 1.60. The molecule has 0 saturated heterocycles. The molecule has 14 heteroatoms. The van der Waals surface area contributed by atoms with Crippen molar-refractivity contribution < 1.29 is 9.18 Å². The van der Waals surface area contributed by atoms with Crippen molar-refractivity contribution in [1.82, 2.24) is 24.7 Å². The maximum absolute atomic E-state index is 15.3. The Kier molecular flexibility index (Phi) is 8.01. The van der Waals surface area contributed by atoms with Crippen molar-refractivity contribution in [3.05, 3.63) is 87.8 Å². The zero-order valence-corrected chi connectivity index (χ0v) is 23.1. The summed E-state index contributed by atoms with van der Waals surface area (Å²) in [6.07, 6.45) is 7.27. The number of hydrazine groups is 1. The van der Waals surface area contributed by atoms with E-state index in [0.717, 1.165) is 16.8 Å². The lowest BCUT2D eigenvalue weighted by Crippen LogP contribution is -2.28. The summed E-state index contributed by atoms with van der Waals surface area (Å²) in [6.45, 7) is 1.84. The SMILES string of the molecule is CC1CCCC(n2cnc(-c3c(N(N)/C=C(\N)C#N)ccc(Cl)c3F)cc2=O)c2cc(ccn2)-c2[nH]ncc2NC1=O. The number of anilines is 2. The number of nitrogens with zero attached hydrogens (tertiary/aromatic N) is 6. The van der Waals surface area contributed by atoms with E-state index in [1.165, 1.54) is 29.1 Å². The van der Waals surface area contributed by atoms with Crippen LogP contribution < -0.4 is 27.5 Å². The molecule has 12 nitrogen and oxygen atoms in total. The molecule has 1 aliphatic heterocycles. The fraction of sp³-hybridized carbons (Fsp3) is 0.214. The Morgan fingerprint density at radius 3 is 2.83 bits per heavy atom. The Morgan fingerprint density at radius 1 is 1.26 bits per heavy atom. The van der Waals surface area contributed by atoms with Crippen LogP contribution in [-0.4, -0.2) is 30.6 Å². The summed E-state index contributed by atoms with van der Waals surface area (Å²) < 4.78 is 16.8. The quantitative estimate of drug-likeness (QED) is 0.156. The van der Waals surface area contributed by atoms with Gasteiger partial charge in [0.15, 0.2) is 5.82 Å². The predicted octanol–water partition coefficient (Wildman–Crippen LogP) is 3.84. The molecule has 2 atom stereocenters. The molecule has 0 saturated carbocycles. The van der Waals surface area contributed by atoms with Crippen LogP contribution in [0.4, 0.5) is 15.8 Å². The van der Waals surface area contributed by atoms with Crippen LogP contribution in [0.3, 0.4) is 0 Å². The molecule has 214 valence electrons. The number of halogens is 2. The first kappa shape index (κ1) is 28.5. The number of amides is 1. The Hall–Kier alpha value is -5.06. The van der Waals surface area contributed by atoms with E-state index in [4.69, 9.17) is 28.4 Å². The van der Waals surface area contributed by atoms with Gasteiger partial charge in [-0.25, -0.2) is 15.2 Å². The van der Waals surface area contributed by atoms with Gasteiger partial charge < -0.3 is 11.1 Å². The fourth-order valence-corrected chi connectivity index (χ4v) is 5.01. The smallest absolute Gasteiger partial charge is 0.254 e. The molecule has 4 aromatic rings. The number of aromatic amines is 1. The number of rotatable bonds is 4. The first-order valence-electron chi connectivity index (χ1n) is 13.0. The number of nitriles is 1. The van der Waals surface area contributed by atoms with Gasteiger partial charge in [0.25, 0.3) is 5.56 Å². The van der Waals surface area contributed by atoms with Gasteiger partial charge in [0.1, 0.15) is 11.8 Å². The number of pyridine rings is 1. The standard InChI is InChI=1S/C28H26ClFN10O2/c1-15-3-2-4-22(19-9-16(7-8-34-19)27-21(12-36-38-27)37-28(15)42)39-14-35-20(10-24(39)41)25-23(6-5-18(29)26(25)30)40(33)13-17(32)11-31/h5-10,12-15,22H,2-4,32-33H2,1H3,(H,36,38)(H,37,42)/b17-13-. The lowest BCUT2D eigenvalue weighted by atomic mass is 9.97. The number of nitrogens with two attached hydrogens (primary N) is 2. The number of aromatic nitrogens is 5. The third-order valence-corrected chi connectivity index (χ3v) is 7.35. The van der Waals surface area contributed by atoms with E-state index in [0.29, 0.717) is 36.3 Å². The van der Waals surface area contributed by atoms with Gasteiger partial charge in [-0.3, -0.25) is 29.2 Å². The average molecular weight is 589 g/mol. The van der Waals surface area contributed by atoms with E-state index in [1.807, 2.05) is 13.0 Å². The molecule has 4 heterocycles. The maximum atomic E-state index is 15.3. The molecule has 6 N–H and O–H groups in total. The van der Waals surface area contributed by atoms with Crippen LogP contribution in [0.2, 0.25) is 5.02 Å². The molecule has 0 spiro atoms. The molecule has 3 aromatic heterocycles. The van der Waals surface area contributed by atoms with Gasteiger partial charge in [-0.1, -0.05) is 24.9 Å². The summed E-state index contributed by atoms with van der Waals surface area (Å²) in [4.78, 5) is 35.3. The van der Waals surface area contributed by atoms with Crippen LogP contribution in [0.1, 0.15) is 37.9 Å². The summed E-state index contributed by atoms with van der Waals surface area (Å²) in [5, 5.41) is 19.7. The lowest BCUT2D eigenvalue weighted by Gasteiger charge is -2.22. The lowest BCUT2D eigenvalue weighted by molar-refractivity contribution is -0.119. The normalized spacial score (nSPS) is 17.3. The van der Waals surface area contributed by atoms with E-state index < -0.39 is 17.4 Å². The highest BCUT2D eigenvalue weighted by molar-refractivity contribution is 6.31. The molecule has 42 heavy (non-hydrogen) atoms. The Labute approximate surface area is 244 Å². The topological polar surface area (TPSA) is 185 Å². The van der Waals surface area contributed by atoms with Gasteiger partial charge in [0.2, 0.25) is 5.91 Å². The first-order chi connectivity index (χ1) is 20.2. The number of carbonyl (C=O) groups is 1. The minimum atomic E-state index is -0.846. The molecule has 0 aliphatic carbocycles. The van der Waals surface area contributed by atoms with Gasteiger partial charge in [-0.05, 0) is 37.1 Å². The van der Waals surface area contributed by atoms with Crippen molar-refractivity contribution in [2.24, 2.45) is 17.5 Å². The van der Waals surface area contributed by atoms with E-state index >= 15 is 4.39 Å². The molecule has 2 bridgehead atoms. The second-order valence-corrected chi connectivity index (χ2v) is 10.3. The molecule has 2 unspecified atom stereocenters. The summed E-state index contributed by atoms with van der Waals surface area (Å²) in [5.74, 6) is 4.77. The van der Waals surface area contributed by atoms with Crippen LogP contribution in [0, 0.1) is 23.1 Å². The van der Waals surface area contributed by atoms with Crippen LogP contribution in [-0.2, 0) is 4.79 Å². The van der Waals surface area contributed by atoms with Crippen molar-refractivity contribution in [2.75, 3.05) is 10.3 Å². The van der Waals surface area contributed by atoms with Crippen molar-refractivity contribution in [3.63, 3.8) is 0 Å². The minimum absolute atomic E-state index is 0.0205. The minimum Gasteiger partial charge on any atom is -0.389 e. The van der Waals surface area contributed by atoms with Crippen LogP contribution in [0.5, 0.6) is 0 Å². The van der Waals surface area contributed by atoms with E-state index in [9.17, 15) is 9.59 Å². The van der Waals surface area contributed by atoms with Crippen LogP contribution in [0.25, 0.3) is 22.5 Å². The van der Waals surface area contributed by atoms with Gasteiger partial charge in [-0.2, -0.15) is 10.4 Å². The third-order valence-electron chi connectivity index (χ3n) is 7.06. The highest BCUT2D eigenvalue weighted by Crippen LogP contribution is 2.36.